The van der Waals surface area contributed by atoms with E-state index in [1.807, 2.05) is 19.9 Å². The van der Waals surface area contributed by atoms with Crippen LogP contribution in [0, 0.1) is 11.8 Å². The van der Waals surface area contributed by atoms with Gasteiger partial charge in [0, 0.05) is 24.4 Å². The predicted octanol–water partition coefficient (Wildman–Crippen LogP) is 4.75. The van der Waals surface area contributed by atoms with Crippen molar-refractivity contribution >= 4 is 17.1 Å². The summed E-state index contributed by atoms with van der Waals surface area (Å²) in [6.07, 6.45) is 2.38. The zero-order valence-corrected chi connectivity index (χ0v) is 15.9. The Hall–Kier alpha value is -1.89. The van der Waals surface area contributed by atoms with Crippen LogP contribution in [0.4, 0.5) is 0 Å². The van der Waals surface area contributed by atoms with E-state index in [1.54, 1.807) is 11.3 Å². The van der Waals surface area contributed by atoms with Crippen LogP contribution in [0.5, 0.6) is 0 Å². The van der Waals surface area contributed by atoms with Gasteiger partial charge in [0.1, 0.15) is 5.78 Å². The molecule has 1 aliphatic heterocycles. The first-order valence-corrected chi connectivity index (χ1v) is 9.88. The van der Waals surface area contributed by atoms with E-state index in [4.69, 9.17) is 0 Å². The highest BCUT2D eigenvalue weighted by atomic mass is 32.1. The molecule has 130 valence electrons. The molecular weight excluding hydrogens is 326 g/mol. The van der Waals surface area contributed by atoms with Gasteiger partial charge in [0.2, 0.25) is 0 Å². The van der Waals surface area contributed by atoms with E-state index in [0.29, 0.717) is 12.2 Å². The van der Waals surface area contributed by atoms with Gasteiger partial charge in [-0.3, -0.25) is 9.69 Å². The molecule has 2 heterocycles. The highest BCUT2D eigenvalue weighted by Gasteiger charge is 2.43. The van der Waals surface area contributed by atoms with Crippen molar-refractivity contribution in [2.75, 3.05) is 19.6 Å². The number of thiophene rings is 1. The van der Waals surface area contributed by atoms with Gasteiger partial charge in [-0.2, -0.15) is 0 Å². The molecule has 0 bridgehead atoms. The Balaban J connectivity index is 1.95. The number of ketones is 1. The number of nitrogens with zero attached hydrogens (tertiary/aromatic N) is 1. The van der Waals surface area contributed by atoms with Gasteiger partial charge in [-0.15, -0.1) is 17.3 Å². The fourth-order valence-corrected chi connectivity index (χ4v) is 4.82. The minimum atomic E-state index is -0.337. The highest BCUT2D eigenvalue weighted by Crippen LogP contribution is 2.44. The predicted molar refractivity (Wildman–Crippen MR) is 106 cm³/mol. The van der Waals surface area contributed by atoms with Crippen molar-refractivity contribution in [3.05, 3.63) is 47.3 Å². The lowest BCUT2D eigenvalue weighted by molar-refractivity contribution is -0.126. The number of hydrogen-bond acceptors (Lipinski definition) is 3. The summed E-state index contributed by atoms with van der Waals surface area (Å²) in [6.45, 7) is 6.55. The smallest absolute Gasteiger partial charge is 0.143 e. The molecule has 25 heavy (non-hydrogen) atoms. The molecule has 0 N–H and O–H groups in total. The number of carbonyl (C=O) groups excluding carboxylic acids is 1. The minimum absolute atomic E-state index is 0.337. The van der Waals surface area contributed by atoms with E-state index < -0.39 is 0 Å². The Labute approximate surface area is 154 Å². The number of piperidine rings is 1. The lowest BCUT2D eigenvalue weighted by atomic mass is 9.68. The molecule has 0 aliphatic carbocycles. The first-order valence-electron chi connectivity index (χ1n) is 9.00. The molecule has 1 aliphatic rings. The summed E-state index contributed by atoms with van der Waals surface area (Å²) in [4.78, 5) is 16.7. The second kappa shape index (κ2) is 7.99. The van der Waals surface area contributed by atoms with Crippen LogP contribution < -0.4 is 0 Å². The van der Waals surface area contributed by atoms with Crippen LogP contribution in [0.1, 0.15) is 38.7 Å². The molecular formula is C22H25NOS. The van der Waals surface area contributed by atoms with Crippen molar-refractivity contribution < 1.29 is 4.79 Å². The number of carbonyl (C=O) groups is 1. The van der Waals surface area contributed by atoms with Crippen LogP contribution in [-0.2, 0) is 10.2 Å². The van der Waals surface area contributed by atoms with Crippen molar-refractivity contribution in [1.29, 1.82) is 0 Å². The second-order valence-corrected chi connectivity index (χ2v) is 7.51. The fourth-order valence-electron chi connectivity index (χ4n) is 3.82. The van der Waals surface area contributed by atoms with Gasteiger partial charge >= 0.3 is 0 Å². The van der Waals surface area contributed by atoms with E-state index in [-0.39, 0.29) is 5.41 Å². The first kappa shape index (κ1) is 17.9. The maximum atomic E-state index is 13.0. The number of benzene rings is 1. The number of hydrogen-bond donors (Lipinski definition) is 0. The van der Waals surface area contributed by atoms with Crippen LogP contribution in [0.3, 0.4) is 0 Å². The van der Waals surface area contributed by atoms with Crippen molar-refractivity contribution in [2.24, 2.45) is 0 Å². The molecule has 3 heteroatoms. The molecule has 0 spiro atoms. The molecule has 0 radical (unpaired) electrons. The van der Waals surface area contributed by atoms with Gasteiger partial charge in [0.25, 0.3) is 0 Å². The van der Waals surface area contributed by atoms with Crippen molar-refractivity contribution in [1.82, 2.24) is 4.90 Å². The molecule has 0 amide bonds. The van der Waals surface area contributed by atoms with Gasteiger partial charge in [-0.25, -0.2) is 0 Å². The highest BCUT2D eigenvalue weighted by molar-refractivity contribution is 7.13. The lowest BCUT2D eigenvalue weighted by Gasteiger charge is -2.40. The fraction of sp³-hybridized carbons (Fsp3) is 0.409. The normalized spacial score (nSPS) is 16.9. The molecule has 0 atom stereocenters. The monoisotopic (exact) mass is 351 g/mol. The Morgan fingerprint density at radius 3 is 2.56 bits per heavy atom. The molecule has 1 saturated heterocycles. The summed E-state index contributed by atoms with van der Waals surface area (Å²) in [5.41, 5.74) is 2.11. The van der Waals surface area contributed by atoms with E-state index in [0.717, 1.165) is 32.5 Å². The Kier molecular flexibility index (Phi) is 5.73. The van der Waals surface area contributed by atoms with Crippen LogP contribution in [0.2, 0.25) is 0 Å². The van der Waals surface area contributed by atoms with Crippen LogP contribution >= 0.6 is 11.3 Å². The van der Waals surface area contributed by atoms with Crippen LogP contribution in [-0.4, -0.2) is 30.3 Å². The summed E-state index contributed by atoms with van der Waals surface area (Å²) in [5, 5.41) is 2.14. The first-order chi connectivity index (χ1) is 12.2. The third-order valence-electron chi connectivity index (χ3n) is 5.26. The van der Waals surface area contributed by atoms with E-state index in [2.05, 4.69) is 52.5 Å². The zero-order valence-electron chi connectivity index (χ0n) is 15.0. The number of rotatable bonds is 5. The number of Topliss-reactive ketones (excluding diaryl/α,β-unsaturated/α-hetero) is 1. The van der Waals surface area contributed by atoms with Crippen molar-refractivity contribution in [3.63, 3.8) is 0 Å². The average molecular weight is 352 g/mol. The summed E-state index contributed by atoms with van der Waals surface area (Å²) in [7, 11) is 0. The number of likely N-dealkylation sites (tertiary alicyclic amines) is 1. The van der Waals surface area contributed by atoms with Crippen molar-refractivity contribution in [2.45, 2.75) is 38.5 Å². The summed E-state index contributed by atoms with van der Waals surface area (Å²) >= 11 is 1.75. The molecule has 2 nitrogen and oxygen atoms in total. The van der Waals surface area contributed by atoms with Gasteiger partial charge in [-0.05, 0) is 42.3 Å². The van der Waals surface area contributed by atoms with Gasteiger partial charge < -0.3 is 0 Å². The zero-order chi connectivity index (χ0) is 17.7. The second-order valence-electron chi connectivity index (χ2n) is 6.59. The van der Waals surface area contributed by atoms with E-state index in [1.165, 1.54) is 16.0 Å². The van der Waals surface area contributed by atoms with Crippen molar-refractivity contribution in [3.8, 4) is 22.3 Å². The van der Waals surface area contributed by atoms with Gasteiger partial charge in [-0.1, -0.05) is 43.2 Å². The third-order valence-corrected chi connectivity index (χ3v) is 6.22. The van der Waals surface area contributed by atoms with Gasteiger partial charge in [0.05, 0.1) is 12.0 Å². The maximum Gasteiger partial charge on any atom is 0.143 e. The molecule has 3 rings (SSSR count). The van der Waals surface area contributed by atoms with Crippen LogP contribution in [0.15, 0.2) is 41.8 Å². The summed E-state index contributed by atoms with van der Waals surface area (Å²) < 4.78 is 0. The summed E-state index contributed by atoms with van der Waals surface area (Å²) in [6, 6.07) is 12.6. The quantitative estimate of drug-likeness (QED) is 0.725. The largest absolute Gasteiger partial charge is 0.299 e. The Morgan fingerprint density at radius 1 is 1.20 bits per heavy atom. The summed E-state index contributed by atoms with van der Waals surface area (Å²) in [5.74, 6) is 6.50. The maximum absolute atomic E-state index is 13.0. The molecule has 2 aromatic rings. The lowest BCUT2D eigenvalue weighted by Crippen LogP contribution is -2.47. The SMILES string of the molecule is CC#CCN1CCC(C(=O)CC)(c2ccsc2-c2ccccc2)CC1. The Morgan fingerprint density at radius 2 is 1.92 bits per heavy atom. The molecule has 1 aromatic carbocycles. The molecule has 0 unspecified atom stereocenters. The van der Waals surface area contributed by atoms with Gasteiger partial charge in [0.15, 0.2) is 0 Å². The molecule has 1 aromatic heterocycles. The van der Waals surface area contributed by atoms with Crippen LogP contribution in [0.25, 0.3) is 10.4 Å². The third kappa shape index (κ3) is 3.56. The Bertz CT molecular complexity index is 773. The average Bonchev–Trinajstić information content (AvgIpc) is 3.17. The topological polar surface area (TPSA) is 20.3 Å². The van der Waals surface area contributed by atoms with E-state index >= 15 is 0 Å². The standard InChI is InChI=1S/C22H25NOS/c1-3-5-14-23-15-12-22(13-16-23,20(24)4-2)19-11-17-25-21(19)18-9-7-6-8-10-18/h6-11,17H,4,12-16H2,1-2H3. The minimum Gasteiger partial charge on any atom is -0.299 e. The van der Waals surface area contributed by atoms with E-state index in [9.17, 15) is 4.79 Å². The molecule has 1 fully saturated rings. The molecule has 0 saturated carbocycles.